The molecule has 1 heterocycles. The third-order valence-electron chi connectivity index (χ3n) is 1.10. The summed E-state index contributed by atoms with van der Waals surface area (Å²) in [6, 6.07) is 1.58. The minimum atomic E-state index is -0.354. The van der Waals surface area contributed by atoms with Crippen LogP contribution in [-0.2, 0) is 4.74 Å². The molecular weight excluding hydrogens is 230 g/mol. The van der Waals surface area contributed by atoms with Crippen molar-refractivity contribution >= 4 is 38.9 Å². The summed E-state index contributed by atoms with van der Waals surface area (Å²) in [5.74, 6) is -0.354. The lowest BCUT2D eigenvalue weighted by atomic mass is 10.4. The van der Waals surface area contributed by atoms with E-state index in [1.54, 1.807) is 6.07 Å². The molecule has 0 saturated heterocycles. The molecule has 3 nitrogen and oxygen atoms in total. The summed E-state index contributed by atoms with van der Waals surface area (Å²) in [6.45, 7) is 0. The van der Waals surface area contributed by atoms with Crippen LogP contribution in [0.25, 0.3) is 0 Å². The first kappa shape index (κ1) is 8.55. The molecule has 0 spiro atoms. The van der Waals surface area contributed by atoms with Crippen molar-refractivity contribution in [2.24, 2.45) is 0 Å². The summed E-state index contributed by atoms with van der Waals surface area (Å²) in [5.41, 5.74) is 6.05. The fraction of sp³-hybridized carbons (Fsp3) is 0.167. The number of hydrogen-bond donors (Lipinski definition) is 1. The Morgan fingerprint density at radius 3 is 2.82 bits per heavy atom. The SMILES string of the molecule is COC(=O)c1cc(N)c(Br)s1. The van der Waals surface area contributed by atoms with Crippen molar-refractivity contribution in [1.82, 2.24) is 0 Å². The molecule has 0 bridgehead atoms. The number of methoxy groups -OCH3 is 1. The molecule has 0 aliphatic carbocycles. The van der Waals surface area contributed by atoms with Gasteiger partial charge in [0, 0.05) is 0 Å². The summed E-state index contributed by atoms with van der Waals surface area (Å²) < 4.78 is 5.26. The molecule has 60 valence electrons. The molecule has 1 aromatic rings. The van der Waals surface area contributed by atoms with Crippen LogP contribution in [-0.4, -0.2) is 13.1 Å². The second kappa shape index (κ2) is 3.23. The Morgan fingerprint density at radius 2 is 2.45 bits per heavy atom. The highest BCUT2D eigenvalue weighted by atomic mass is 79.9. The number of thiophene rings is 1. The van der Waals surface area contributed by atoms with Crippen LogP contribution in [0, 0.1) is 0 Å². The largest absolute Gasteiger partial charge is 0.465 e. The Hall–Kier alpha value is -0.550. The van der Waals surface area contributed by atoms with Gasteiger partial charge in [-0.05, 0) is 22.0 Å². The van der Waals surface area contributed by atoms with E-state index in [9.17, 15) is 4.79 Å². The highest BCUT2D eigenvalue weighted by molar-refractivity contribution is 9.11. The molecule has 0 fully saturated rings. The number of rotatable bonds is 1. The summed E-state index contributed by atoms with van der Waals surface area (Å²) in [7, 11) is 1.34. The summed E-state index contributed by atoms with van der Waals surface area (Å²) in [5, 5.41) is 0. The number of nitrogens with two attached hydrogens (primary N) is 1. The molecule has 1 aromatic heterocycles. The Labute approximate surface area is 76.3 Å². The second-order valence-electron chi connectivity index (χ2n) is 1.83. The second-order valence-corrected chi connectivity index (χ2v) is 4.20. The molecular formula is C6H6BrNO2S. The topological polar surface area (TPSA) is 52.3 Å². The zero-order valence-corrected chi connectivity index (χ0v) is 8.16. The zero-order valence-electron chi connectivity index (χ0n) is 5.76. The van der Waals surface area contributed by atoms with Crippen molar-refractivity contribution in [2.75, 3.05) is 12.8 Å². The molecule has 0 unspecified atom stereocenters. The number of anilines is 1. The Morgan fingerprint density at radius 1 is 1.82 bits per heavy atom. The Bertz CT molecular complexity index is 265. The van der Waals surface area contributed by atoms with Gasteiger partial charge in [0.15, 0.2) is 0 Å². The van der Waals surface area contributed by atoms with Gasteiger partial charge >= 0.3 is 5.97 Å². The first-order valence-corrected chi connectivity index (χ1v) is 4.39. The molecule has 0 radical (unpaired) electrons. The van der Waals surface area contributed by atoms with Crippen LogP contribution >= 0.6 is 27.3 Å². The van der Waals surface area contributed by atoms with E-state index < -0.39 is 0 Å². The summed E-state index contributed by atoms with van der Waals surface area (Å²) in [4.78, 5) is 11.4. The molecule has 1 rings (SSSR count). The first-order valence-electron chi connectivity index (χ1n) is 2.78. The van der Waals surface area contributed by atoms with Crippen molar-refractivity contribution < 1.29 is 9.53 Å². The number of esters is 1. The summed E-state index contributed by atoms with van der Waals surface area (Å²) >= 11 is 4.46. The molecule has 0 saturated carbocycles. The quantitative estimate of drug-likeness (QED) is 0.757. The summed E-state index contributed by atoms with van der Waals surface area (Å²) in [6.07, 6.45) is 0. The molecule has 2 N–H and O–H groups in total. The molecule has 0 aromatic carbocycles. The maximum absolute atomic E-state index is 10.9. The Balaban J connectivity index is 2.97. The third-order valence-corrected chi connectivity index (χ3v) is 2.96. The van der Waals surface area contributed by atoms with E-state index in [1.165, 1.54) is 18.4 Å². The van der Waals surface area contributed by atoms with Gasteiger partial charge in [0.1, 0.15) is 4.88 Å². The van der Waals surface area contributed by atoms with Gasteiger partial charge in [-0.15, -0.1) is 11.3 Å². The predicted molar refractivity (Wildman–Crippen MR) is 47.8 cm³/mol. The lowest BCUT2D eigenvalue weighted by Crippen LogP contribution is -1.97. The van der Waals surface area contributed by atoms with E-state index in [0.29, 0.717) is 10.6 Å². The van der Waals surface area contributed by atoms with Gasteiger partial charge < -0.3 is 10.5 Å². The molecule has 0 aliphatic heterocycles. The third kappa shape index (κ3) is 1.72. The van der Waals surface area contributed by atoms with Gasteiger partial charge in [-0.1, -0.05) is 0 Å². The van der Waals surface area contributed by atoms with E-state index >= 15 is 0 Å². The zero-order chi connectivity index (χ0) is 8.43. The molecule has 5 heteroatoms. The minimum absolute atomic E-state index is 0.354. The van der Waals surface area contributed by atoms with Gasteiger partial charge in [0.05, 0.1) is 16.6 Å². The molecule has 11 heavy (non-hydrogen) atoms. The standard InChI is InChI=1S/C6H6BrNO2S/c1-10-6(9)4-2-3(8)5(7)11-4/h2H,8H2,1H3. The van der Waals surface area contributed by atoms with E-state index in [-0.39, 0.29) is 5.97 Å². The van der Waals surface area contributed by atoms with Gasteiger partial charge in [-0.2, -0.15) is 0 Å². The monoisotopic (exact) mass is 235 g/mol. The molecule has 0 amide bonds. The number of carbonyl (C=O) groups excluding carboxylic acids is 1. The van der Waals surface area contributed by atoms with Gasteiger partial charge in [0.2, 0.25) is 0 Å². The van der Waals surface area contributed by atoms with Gasteiger partial charge in [-0.3, -0.25) is 0 Å². The van der Waals surface area contributed by atoms with Crippen molar-refractivity contribution in [3.8, 4) is 0 Å². The van der Waals surface area contributed by atoms with E-state index in [4.69, 9.17) is 5.73 Å². The molecule has 0 atom stereocenters. The van der Waals surface area contributed by atoms with Crippen LogP contribution < -0.4 is 5.73 Å². The van der Waals surface area contributed by atoms with Crippen molar-refractivity contribution in [3.05, 3.63) is 14.7 Å². The predicted octanol–water partition coefficient (Wildman–Crippen LogP) is 1.88. The maximum atomic E-state index is 10.9. The van der Waals surface area contributed by atoms with Crippen molar-refractivity contribution in [2.45, 2.75) is 0 Å². The maximum Gasteiger partial charge on any atom is 0.348 e. The fourth-order valence-corrected chi connectivity index (χ4v) is 1.94. The number of halogens is 1. The first-order chi connectivity index (χ1) is 5.15. The van der Waals surface area contributed by atoms with Gasteiger partial charge in [0.25, 0.3) is 0 Å². The van der Waals surface area contributed by atoms with Crippen LogP contribution in [0.3, 0.4) is 0 Å². The molecule has 0 aliphatic rings. The lowest BCUT2D eigenvalue weighted by molar-refractivity contribution is 0.0606. The normalized spacial score (nSPS) is 9.64. The fourth-order valence-electron chi connectivity index (χ4n) is 0.584. The number of hydrogen-bond acceptors (Lipinski definition) is 4. The van der Waals surface area contributed by atoms with Crippen LogP contribution in [0.5, 0.6) is 0 Å². The highest BCUT2D eigenvalue weighted by Crippen LogP contribution is 2.30. The van der Waals surface area contributed by atoms with Crippen LogP contribution in [0.4, 0.5) is 5.69 Å². The minimum Gasteiger partial charge on any atom is -0.465 e. The highest BCUT2D eigenvalue weighted by Gasteiger charge is 2.10. The van der Waals surface area contributed by atoms with Crippen molar-refractivity contribution in [1.29, 1.82) is 0 Å². The number of ether oxygens (including phenoxy) is 1. The Kier molecular flexibility index (Phi) is 2.51. The van der Waals surface area contributed by atoms with Crippen LogP contribution in [0.1, 0.15) is 9.67 Å². The van der Waals surface area contributed by atoms with E-state index in [0.717, 1.165) is 3.79 Å². The number of nitrogen functional groups attached to an aromatic ring is 1. The van der Waals surface area contributed by atoms with Gasteiger partial charge in [-0.25, -0.2) is 4.79 Å². The number of carbonyl (C=O) groups is 1. The average molecular weight is 236 g/mol. The average Bonchev–Trinajstić information content (AvgIpc) is 2.31. The van der Waals surface area contributed by atoms with E-state index in [2.05, 4.69) is 20.7 Å². The van der Waals surface area contributed by atoms with Crippen LogP contribution in [0.2, 0.25) is 0 Å². The van der Waals surface area contributed by atoms with Crippen molar-refractivity contribution in [3.63, 3.8) is 0 Å². The lowest BCUT2D eigenvalue weighted by Gasteiger charge is -1.90. The van der Waals surface area contributed by atoms with E-state index in [1.807, 2.05) is 0 Å². The van der Waals surface area contributed by atoms with Crippen LogP contribution in [0.15, 0.2) is 9.85 Å². The smallest absolute Gasteiger partial charge is 0.348 e.